The molecule has 0 aromatic carbocycles. The van der Waals surface area contributed by atoms with Gasteiger partial charge >= 0.3 is 11.8 Å². The number of hydrazone groups is 1. The molecule has 0 radical (unpaired) electrons. The molecule has 3 N–H and O–H groups in total. The summed E-state index contributed by atoms with van der Waals surface area (Å²) < 4.78 is 5.07. The number of hydrogen-bond donors (Lipinski definition) is 2. The van der Waals surface area contributed by atoms with E-state index in [0.717, 1.165) is 5.71 Å². The number of primary amides is 1. The molecule has 0 saturated carbocycles. The van der Waals surface area contributed by atoms with Crippen LogP contribution in [-0.2, 0) is 14.3 Å². The van der Waals surface area contributed by atoms with E-state index in [-0.39, 0.29) is 0 Å². The number of carbonyl (C=O) groups excluding carboxylic acids is 2. The summed E-state index contributed by atoms with van der Waals surface area (Å²) in [7, 11) is 0. The Labute approximate surface area is 75.1 Å². The molecule has 1 rings (SSSR count). The summed E-state index contributed by atoms with van der Waals surface area (Å²) in [5.41, 5.74) is 7.60. The molecular formula is C7H11N3O3. The summed E-state index contributed by atoms with van der Waals surface area (Å²) >= 11 is 0. The van der Waals surface area contributed by atoms with Gasteiger partial charge < -0.3 is 10.5 Å². The monoisotopic (exact) mass is 185 g/mol. The minimum Gasteiger partial charge on any atom is -0.381 e. The van der Waals surface area contributed by atoms with Crippen LogP contribution in [0.3, 0.4) is 0 Å². The zero-order valence-corrected chi connectivity index (χ0v) is 7.08. The first-order valence-corrected chi connectivity index (χ1v) is 3.93. The van der Waals surface area contributed by atoms with Crippen molar-refractivity contribution in [2.75, 3.05) is 13.2 Å². The number of rotatable bonds is 1. The van der Waals surface area contributed by atoms with E-state index >= 15 is 0 Å². The largest absolute Gasteiger partial charge is 0.381 e. The Morgan fingerprint density at radius 2 is 2.00 bits per heavy atom. The summed E-state index contributed by atoms with van der Waals surface area (Å²) in [6.07, 6.45) is 1.36. The molecule has 1 aliphatic heterocycles. The van der Waals surface area contributed by atoms with E-state index in [0.29, 0.717) is 26.1 Å². The molecule has 13 heavy (non-hydrogen) atoms. The van der Waals surface area contributed by atoms with Crippen LogP contribution in [0, 0.1) is 0 Å². The zero-order valence-electron chi connectivity index (χ0n) is 7.08. The average molecular weight is 185 g/mol. The van der Waals surface area contributed by atoms with Crippen molar-refractivity contribution >= 4 is 17.5 Å². The van der Waals surface area contributed by atoms with Crippen molar-refractivity contribution in [2.45, 2.75) is 12.8 Å². The number of nitrogens with two attached hydrogens (primary N) is 1. The first-order chi connectivity index (χ1) is 6.20. The van der Waals surface area contributed by atoms with Gasteiger partial charge in [-0.1, -0.05) is 0 Å². The standard InChI is InChI=1S/C7H11N3O3/c8-6(11)7(12)10-9-5-1-3-13-4-2-5/h1-4H2,(H2,8,11)(H,10,12). The van der Waals surface area contributed by atoms with E-state index in [4.69, 9.17) is 10.5 Å². The van der Waals surface area contributed by atoms with Gasteiger partial charge in [0.15, 0.2) is 0 Å². The van der Waals surface area contributed by atoms with Gasteiger partial charge in [0.25, 0.3) is 0 Å². The highest BCUT2D eigenvalue weighted by atomic mass is 16.5. The number of ether oxygens (including phenoxy) is 1. The molecule has 0 aliphatic carbocycles. The maximum absolute atomic E-state index is 10.7. The summed E-state index contributed by atoms with van der Waals surface area (Å²) in [5, 5.41) is 3.74. The summed E-state index contributed by atoms with van der Waals surface area (Å²) in [4.78, 5) is 20.9. The Balaban J connectivity index is 2.37. The van der Waals surface area contributed by atoms with Crippen LogP contribution in [0.25, 0.3) is 0 Å². The SMILES string of the molecule is NC(=O)C(=O)NN=C1CCOCC1. The topological polar surface area (TPSA) is 93.8 Å². The summed E-state index contributed by atoms with van der Waals surface area (Å²) in [5.74, 6) is -1.92. The molecule has 0 unspecified atom stereocenters. The van der Waals surface area contributed by atoms with Gasteiger partial charge in [-0.05, 0) is 0 Å². The third-order valence-electron chi connectivity index (χ3n) is 1.61. The molecular weight excluding hydrogens is 174 g/mol. The third kappa shape index (κ3) is 3.20. The van der Waals surface area contributed by atoms with Crippen molar-refractivity contribution in [3.05, 3.63) is 0 Å². The van der Waals surface area contributed by atoms with Gasteiger partial charge in [-0.15, -0.1) is 0 Å². The fourth-order valence-electron chi connectivity index (χ4n) is 0.904. The summed E-state index contributed by atoms with van der Waals surface area (Å²) in [6, 6.07) is 0. The number of carbonyl (C=O) groups is 2. The molecule has 1 heterocycles. The second kappa shape index (κ2) is 4.56. The van der Waals surface area contributed by atoms with Crippen LogP contribution >= 0.6 is 0 Å². The first-order valence-electron chi connectivity index (χ1n) is 3.93. The first kappa shape index (κ1) is 9.66. The van der Waals surface area contributed by atoms with E-state index < -0.39 is 11.8 Å². The van der Waals surface area contributed by atoms with Crippen LogP contribution in [-0.4, -0.2) is 30.7 Å². The Bertz CT molecular complexity index is 241. The van der Waals surface area contributed by atoms with E-state index in [1.54, 1.807) is 0 Å². The molecule has 0 aromatic rings. The molecule has 6 heteroatoms. The van der Waals surface area contributed by atoms with Crippen LogP contribution in [0.4, 0.5) is 0 Å². The molecule has 0 atom stereocenters. The van der Waals surface area contributed by atoms with E-state index in [1.807, 2.05) is 0 Å². The smallest absolute Gasteiger partial charge is 0.329 e. The maximum atomic E-state index is 10.7. The van der Waals surface area contributed by atoms with Gasteiger partial charge in [0.1, 0.15) is 0 Å². The average Bonchev–Trinajstić information content (AvgIpc) is 2.15. The highest BCUT2D eigenvalue weighted by Crippen LogP contribution is 2.01. The van der Waals surface area contributed by atoms with Crippen LogP contribution < -0.4 is 11.2 Å². The number of hydrogen-bond acceptors (Lipinski definition) is 4. The summed E-state index contributed by atoms with van der Waals surface area (Å²) in [6.45, 7) is 1.20. The predicted molar refractivity (Wildman–Crippen MR) is 44.8 cm³/mol. The fourth-order valence-corrected chi connectivity index (χ4v) is 0.904. The lowest BCUT2D eigenvalue weighted by Gasteiger charge is -2.12. The Morgan fingerprint density at radius 1 is 1.38 bits per heavy atom. The zero-order chi connectivity index (χ0) is 9.68. The van der Waals surface area contributed by atoms with Gasteiger partial charge in [-0.25, -0.2) is 5.43 Å². The maximum Gasteiger partial charge on any atom is 0.329 e. The Hall–Kier alpha value is -1.43. The van der Waals surface area contributed by atoms with E-state index in [2.05, 4.69) is 10.5 Å². The molecule has 0 bridgehead atoms. The van der Waals surface area contributed by atoms with Crippen molar-refractivity contribution < 1.29 is 14.3 Å². The number of amides is 2. The highest BCUT2D eigenvalue weighted by molar-refractivity contribution is 6.34. The van der Waals surface area contributed by atoms with Crippen LogP contribution in [0.2, 0.25) is 0 Å². The van der Waals surface area contributed by atoms with Gasteiger partial charge in [0, 0.05) is 18.6 Å². The van der Waals surface area contributed by atoms with E-state index in [9.17, 15) is 9.59 Å². The highest BCUT2D eigenvalue weighted by Gasteiger charge is 2.09. The lowest BCUT2D eigenvalue weighted by molar-refractivity contribution is -0.137. The molecule has 0 aromatic heterocycles. The van der Waals surface area contributed by atoms with Gasteiger partial charge in [0.05, 0.1) is 13.2 Å². The van der Waals surface area contributed by atoms with Gasteiger partial charge in [-0.2, -0.15) is 5.10 Å². The molecule has 2 amide bonds. The minimum absolute atomic E-state index is 0.602. The van der Waals surface area contributed by atoms with Gasteiger partial charge in [0.2, 0.25) is 0 Å². The molecule has 0 spiro atoms. The second-order valence-corrected chi connectivity index (χ2v) is 2.60. The van der Waals surface area contributed by atoms with Crippen LogP contribution in [0.1, 0.15) is 12.8 Å². The second-order valence-electron chi connectivity index (χ2n) is 2.60. The molecule has 1 fully saturated rings. The Morgan fingerprint density at radius 3 is 2.54 bits per heavy atom. The normalized spacial score (nSPS) is 16.5. The molecule has 72 valence electrons. The third-order valence-corrected chi connectivity index (χ3v) is 1.61. The Kier molecular flexibility index (Phi) is 3.39. The van der Waals surface area contributed by atoms with Crippen molar-refractivity contribution in [3.63, 3.8) is 0 Å². The number of nitrogens with one attached hydrogen (secondary N) is 1. The lowest BCUT2D eigenvalue weighted by atomic mass is 10.2. The number of nitrogens with zero attached hydrogens (tertiary/aromatic N) is 1. The van der Waals surface area contributed by atoms with Gasteiger partial charge in [-0.3, -0.25) is 9.59 Å². The fraction of sp³-hybridized carbons (Fsp3) is 0.571. The van der Waals surface area contributed by atoms with Crippen molar-refractivity contribution in [1.29, 1.82) is 0 Å². The molecule has 1 saturated heterocycles. The quantitative estimate of drug-likeness (QED) is 0.395. The van der Waals surface area contributed by atoms with Crippen molar-refractivity contribution in [2.24, 2.45) is 10.8 Å². The van der Waals surface area contributed by atoms with E-state index in [1.165, 1.54) is 0 Å². The molecule has 1 aliphatic rings. The lowest BCUT2D eigenvalue weighted by Crippen LogP contribution is -2.34. The van der Waals surface area contributed by atoms with Crippen molar-refractivity contribution in [3.8, 4) is 0 Å². The van der Waals surface area contributed by atoms with Crippen LogP contribution in [0.5, 0.6) is 0 Å². The van der Waals surface area contributed by atoms with Crippen LogP contribution in [0.15, 0.2) is 5.10 Å². The van der Waals surface area contributed by atoms with Crippen molar-refractivity contribution in [1.82, 2.24) is 5.43 Å². The molecule has 6 nitrogen and oxygen atoms in total. The predicted octanol–water partition coefficient (Wildman–Crippen LogP) is -1.25. The minimum atomic E-state index is -1.03.